The summed E-state index contributed by atoms with van der Waals surface area (Å²) in [6, 6.07) is 0. The van der Waals surface area contributed by atoms with E-state index in [-0.39, 0.29) is 0 Å². The van der Waals surface area contributed by atoms with E-state index < -0.39 is 0 Å². The molecule has 0 nitrogen and oxygen atoms in total. The van der Waals surface area contributed by atoms with Crippen molar-refractivity contribution >= 4 is 0 Å². The maximum Gasteiger partial charge on any atom is -0.0473 e. The van der Waals surface area contributed by atoms with Crippen LogP contribution in [0.5, 0.6) is 0 Å². The van der Waals surface area contributed by atoms with Gasteiger partial charge in [-0.05, 0) is 13.8 Å². The molecule has 0 heterocycles. The fourth-order valence-corrected chi connectivity index (χ4v) is 0. The first-order chi connectivity index (χ1) is 6.83. The molecule has 0 N–H and O–H groups in total. The monoisotopic (exact) mass is 196 g/mol. The van der Waals surface area contributed by atoms with Crippen LogP contribution in [0.3, 0.4) is 0 Å². The molecule has 0 spiro atoms. The second-order valence-corrected chi connectivity index (χ2v) is 0.816. The molecule has 0 aliphatic heterocycles. The molecule has 0 aromatic rings. The first-order valence-corrected chi connectivity index (χ1v) is 3.97. The van der Waals surface area contributed by atoms with Crippen LogP contribution in [0.1, 0.15) is 13.8 Å². The Labute approximate surface area is 92.4 Å². The molecule has 0 heteroatoms. The fraction of sp³-hybridized carbons (Fsp3) is 0.143. The Morgan fingerprint density at radius 1 is 0.500 bits per heavy atom. The SMILES string of the molecule is C=C.C=C.C=C.C=C.C=CC.C=CC. The largest absolute Gasteiger partial charge is 0.106 e. The Balaban J connectivity index is -0.0000000139. The van der Waals surface area contributed by atoms with E-state index in [0.717, 1.165) is 0 Å². The summed E-state index contributed by atoms with van der Waals surface area (Å²) < 4.78 is 0. The minimum absolute atomic E-state index is 1.75. The maximum atomic E-state index is 3.36. The second kappa shape index (κ2) is 6440. The molecule has 0 aliphatic carbocycles. The summed E-state index contributed by atoms with van der Waals surface area (Å²) in [7, 11) is 0. The van der Waals surface area contributed by atoms with E-state index in [1.807, 2.05) is 13.8 Å². The zero-order valence-electron chi connectivity index (χ0n) is 10.2. The molecule has 14 heavy (non-hydrogen) atoms. The van der Waals surface area contributed by atoms with Crippen molar-refractivity contribution in [3.63, 3.8) is 0 Å². The van der Waals surface area contributed by atoms with Crippen molar-refractivity contribution in [1.29, 1.82) is 0 Å². The highest BCUT2D eigenvalue weighted by Gasteiger charge is 1.15. The Hall–Kier alpha value is -1.56. The summed E-state index contributed by atoms with van der Waals surface area (Å²) in [5.74, 6) is 0. The minimum Gasteiger partial charge on any atom is -0.106 e. The summed E-state index contributed by atoms with van der Waals surface area (Å²) in [6.07, 6.45) is 3.50. The van der Waals surface area contributed by atoms with Crippen molar-refractivity contribution in [3.05, 3.63) is 77.9 Å². The molecule has 0 aromatic heterocycles. The number of allylic oxidation sites excluding steroid dienone is 2. The number of rotatable bonds is 0. The zero-order chi connectivity index (χ0) is 13.4. The topological polar surface area (TPSA) is 0 Å². The molecule has 0 atom stereocenters. The van der Waals surface area contributed by atoms with Crippen LogP contribution < -0.4 is 0 Å². The maximum absolute atomic E-state index is 3.36. The van der Waals surface area contributed by atoms with E-state index in [1.54, 1.807) is 12.2 Å². The molecule has 0 saturated heterocycles. The van der Waals surface area contributed by atoms with Gasteiger partial charge in [0, 0.05) is 0 Å². The average Bonchev–Trinajstić information content (AvgIpc) is 2.31. The van der Waals surface area contributed by atoms with Gasteiger partial charge in [-0.15, -0.1) is 65.8 Å². The van der Waals surface area contributed by atoms with Gasteiger partial charge in [0.2, 0.25) is 0 Å². The molecular formula is C14H28. The predicted octanol–water partition coefficient (Wildman–Crippen LogP) is 5.59. The van der Waals surface area contributed by atoms with Crippen molar-refractivity contribution in [3.8, 4) is 0 Å². The number of hydrogen-bond acceptors (Lipinski definition) is 0. The van der Waals surface area contributed by atoms with E-state index in [1.165, 1.54) is 0 Å². The summed E-state index contributed by atoms with van der Waals surface area (Å²) in [5, 5.41) is 0. The van der Waals surface area contributed by atoms with Crippen molar-refractivity contribution in [2.24, 2.45) is 0 Å². The molecule has 0 bridgehead atoms. The lowest BCUT2D eigenvalue weighted by molar-refractivity contribution is 1.80. The number of hydrogen-bond donors (Lipinski definition) is 0. The summed E-state index contributed by atoms with van der Waals surface area (Å²) in [6.45, 7) is 34.5. The standard InChI is InChI=1S/2C3H6.4C2H4/c2*1-3-2;4*1-2/h2*3H,1H2,2H3;4*1-2H2. The molecule has 0 rings (SSSR count). The molecule has 84 valence electrons. The van der Waals surface area contributed by atoms with Crippen molar-refractivity contribution in [2.45, 2.75) is 13.8 Å². The first kappa shape index (κ1) is 39.3. The van der Waals surface area contributed by atoms with Gasteiger partial charge in [-0.25, -0.2) is 0 Å². The third-order valence-electron chi connectivity index (χ3n) is 0. The van der Waals surface area contributed by atoms with Crippen LogP contribution in [-0.2, 0) is 0 Å². The Morgan fingerprint density at radius 2 is 0.500 bits per heavy atom. The normalized spacial score (nSPS) is 3.00. The van der Waals surface area contributed by atoms with Crippen molar-refractivity contribution < 1.29 is 0 Å². The molecule has 0 amide bonds. The summed E-state index contributed by atoms with van der Waals surface area (Å²) in [4.78, 5) is 0. The third kappa shape index (κ3) is 382. The van der Waals surface area contributed by atoms with E-state index >= 15 is 0 Å². The average molecular weight is 196 g/mol. The van der Waals surface area contributed by atoms with Gasteiger partial charge in [-0.1, -0.05) is 12.2 Å². The van der Waals surface area contributed by atoms with Crippen LogP contribution in [0.15, 0.2) is 77.9 Å². The second-order valence-electron chi connectivity index (χ2n) is 0.816. The van der Waals surface area contributed by atoms with Crippen molar-refractivity contribution in [1.82, 2.24) is 0 Å². The highest BCUT2D eigenvalue weighted by atomic mass is 13.2. The van der Waals surface area contributed by atoms with Gasteiger partial charge in [-0.3, -0.25) is 0 Å². The summed E-state index contributed by atoms with van der Waals surface area (Å²) in [5.41, 5.74) is 0. The molecular weight excluding hydrogens is 168 g/mol. The Bertz CT molecular complexity index is 48.4. The zero-order valence-corrected chi connectivity index (χ0v) is 10.2. The molecule has 0 aromatic carbocycles. The van der Waals surface area contributed by atoms with E-state index in [9.17, 15) is 0 Å². The molecule has 0 unspecified atom stereocenters. The van der Waals surface area contributed by atoms with Crippen LogP contribution in [0.4, 0.5) is 0 Å². The van der Waals surface area contributed by atoms with Gasteiger partial charge < -0.3 is 0 Å². The Kier molecular flexibility index (Phi) is 18100. The molecule has 0 radical (unpaired) electrons. The molecule has 0 fully saturated rings. The van der Waals surface area contributed by atoms with E-state index in [2.05, 4.69) is 65.8 Å². The lowest BCUT2D eigenvalue weighted by Crippen LogP contribution is -1.07. The lowest BCUT2D eigenvalue weighted by atomic mass is 10.8. The highest BCUT2D eigenvalue weighted by molar-refractivity contribution is 4.51. The predicted molar refractivity (Wildman–Crippen MR) is 76.8 cm³/mol. The van der Waals surface area contributed by atoms with Crippen LogP contribution in [0.25, 0.3) is 0 Å². The van der Waals surface area contributed by atoms with Gasteiger partial charge in [0.05, 0.1) is 0 Å². The smallest absolute Gasteiger partial charge is 0.0473 e. The third-order valence-corrected chi connectivity index (χ3v) is 0. The summed E-state index contributed by atoms with van der Waals surface area (Å²) >= 11 is 0. The van der Waals surface area contributed by atoms with Crippen molar-refractivity contribution in [2.75, 3.05) is 0 Å². The van der Waals surface area contributed by atoms with E-state index in [4.69, 9.17) is 0 Å². The first-order valence-electron chi connectivity index (χ1n) is 3.97. The van der Waals surface area contributed by atoms with Crippen LogP contribution in [0, 0.1) is 0 Å². The Morgan fingerprint density at radius 3 is 0.500 bits per heavy atom. The van der Waals surface area contributed by atoms with E-state index in [0.29, 0.717) is 0 Å². The van der Waals surface area contributed by atoms with Crippen LogP contribution in [-0.4, -0.2) is 0 Å². The van der Waals surface area contributed by atoms with Gasteiger partial charge in [0.25, 0.3) is 0 Å². The lowest BCUT2D eigenvalue weighted by Gasteiger charge is -1.31. The fourth-order valence-electron chi connectivity index (χ4n) is 0. The van der Waals surface area contributed by atoms with Gasteiger partial charge in [-0.2, -0.15) is 0 Å². The minimum atomic E-state index is 1.75. The highest BCUT2D eigenvalue weighted by Crippen LogP contribution is 1.38. The van der Waals surface area contributed by atoms with Gasteiger partial charge in [0.15, 0.2) is 0 Å². The molecule has 0 aliphatic rings. The van der Waals surface area contributed by atoms with Crippen LogP contribution >= 0.6 is 0 Å². The van der Waals surface area contributed by atoms with Crippen LogP contribution in [0.2, 0.25) is 0 Å². The quantitative estimate of drug-likeness (QED) is 0.443. The molecule has 0 saturated carbocycles. The van der Waals surface area contributed by atoms with Gasteiger partial charge in [0.1, 0.15) is 0 Å². The van der Waals surface area contributed by atoms with Gasteiger partial charge >= 0.3 is 0 Å².